The van der Waals surface area contributed by atoms with Gasteiger partial charge in [0, 0.05) is 6.07 Å². The second kappa shape index (κ2) is 5.28. The number of ether oxygens (including phenoxy) is 2. The molecule has 0 spiro atoms. The molecule has 0 amide bonds. The molecule has 7 heteroatoms. The van der Waals surface area contributed by atoms with E-state index < -0.39 is 12.1 Å². The van der Waals surface area contributed by atoms with Crippen molar-refractivity contribution in [3.05, 3.63) is 36.1 Å². The molecule has 0 aliphatic rings. The standard InChI is InChI=1S/C13H9F3O4/c1-18-12-6-8(20-13(14,15)16)2-4-10(12)11-5-3-9(7-17)19-11/h2-7H,1H3. The number of alkyl halides is 3. The highest BCUT2D eigenvalue weighted by molar-refractivity contribution is 5.74. The van der Waals surface area contributed by atoms with Crippen molar-refractivity contribution in [1.29, 1.82) is 0 Å². The first kappa shape index (κ1) is 14.0. The first-order valence-corrected chi connectivity index (χ1v) is 5.42. The lowest BCUT2D eigenvalue weighted by atomic mass is 10.1. The molecule has 0 radical (unpaired) electrons. The zero-order valence-corrected chi connectivity index (χ0v) is 10.2. The Hall–Kier alpha value is -2.44. The van der Waals surface area contributed by atoms with Gasteiger partial charge in [0.25, 0.3) is 0 Å². The molecule has 0 N–H and O–H groups in total. The van der Waals surface area contributed by atoms with Crippen molar-refractivity contribution in [1.82, 2.24) is 0 Å². The molecule has 0 unspecified atom stereocenters. The summed E-state index contributed by atoms with van der Waals surface area (Å²) >= 11 is 0. The number of carbonyl (C=O) groups excluding carboxylic acids is 1. The lowest BCUT2D eigenvalue weighted by Crippen LogP contribution is -2.17. The summed E-state index contributed by atoms with van der Waals surface area (Å²) in [6.45, 7) is 0. The Kier molecular flexibility index (Phi) is 3.69. The molecule has 4 nitrogen and oxygen atoms in total. The minimum absolute atomic E-state index is 0.109. The summed E-state index contributed by atoms with van der Waals surface area (Å²) in [6.07, 6.45) is -4.25. The molecule has 0 fully saturated rings. The van der Waals surface area contributed by atoms with Crippen LogP contribution in [-0.2, 0) is 0 Å². The lowest BCUT2D eigenvalue weighted by Gasteiger charge is -2.11. The minimum Gasteiger partial charge on any atom is -0.496 e. The molecule has 0 saturated heterocycles. The number of hydrogen-bond acceptors (Lipinski definition) is 4. The predicted octanol–water partition coefficient (Wildman–Crippen LogP) is 3.67. The first-order valence-electron chi connectivity index (χ1n) is 5.42. The SMILES string of the molecule is COc1cc(OC(F)(F)F)ccc1-c1ccc(C=O)o1. The minimum atomic E-state index is -4.78. The Morgan fingerprint density at radius 1 is 1.20 bits per heavy atom. The van der Waals surface area contributed by atoms with Crippen LogP contribution in [0.25, 0.3) is 11.3 Å². The summed E-state index contributed by atoms with van der Waals surface area (Å²) in [4.78, 5) is 10.5. The van der Waals surface area contributed by atoms with Crippen LogP contribution in [0.5, 0.6) is 11.5 Å². The molecule has 0 saturated carbocycles. The normalized spacial score (nSPS) is 11.2. The summed E-state index contributed by atoms with van der Waals surface area (Å²) in [7, 11) is 1.31. The third-order valence-electron chi connectivity index (χ3n) is 2.41. The maximum atomic E-state index is 12.1. The zero-order valence-electron chi connectivity index (χ0n) is 10.2. The molecule has 0 atom stereocenters. The number of carbonyl (C=O) groups is 1. The van der Waals surface area contributed by atoms with Crippen molar-refractivity contribution in [2.45, 2.75) is 6.36 Å². The number of hydrogen-bond donors (Lipinski definition) is 0. The molecule has 1 heterocycles. The summed E-state index contributed by atoms with van der Waals surface area (Å²) in [5.41, 5.74) is 0.412. The van der Waals surface area contributed by atoms with Crippen LogP contribution in [0, 0.1) is 0 Å². The molecule has 1 aromatic heterocycles. The Labute approximate surface area is 111 Å². The maximum Gasteiger partial charge on any atom is 0.573 e. The van der Waals surface area contributed by atoms with E-state index in [4.69, 9.17) is 9.15 Å². The highest BCUT2D eigenvalue weighted by Gasteiger charge is 2.31. The average molecular weight is 286 g/mol. The summed E-state index contributed by atoms with van der Waals surface area (Å²) in [6, 6.07) is 6.54. The Bertz CT molecular complexity index is 616. The van der Waals surface area contributed by atoms with Crippen LogP contribution in [0.1, 0.15) is 10.6 Å². The molecule has 0 aliphatic heterocycles. The van der Waals surface area contributed by atoms with Crippen molar-refractivity contribution >= 4 is 6.29 Å². The number of methoxy groups -OCH3 is 1. The van der Waals surface area contributed by atoms with Crippen molar-refractivity contribution in [2.75, 3.05) is 7.11 Å². The van der Waals surface area contributed by atoms with Gasteiger partial charge in [-0.05, 0) is 24.3 Å². The summed E-state index contributed by atoms with van der Waals surface area (Å²) < 4.78 is 50.4. The van der Waals surface area contributed by atoms with Crippen LogP contribution in [0.3, 0.4) is 0 Å². The molecular formula is C13H9F3O4. The van der Waals surface area contributed by atoms with Crippen LogP contribution in [0.2, 0.25) is 0 Å². The van der Waals surface area contributed by atoms with Crippen LogP contribution in [0.4, 0.5) is 13.2 Å². The van der Waals surface area contributed by atoms with E-state index in [1.165, 1.54) is 25.3 Å². The lowest BCUT2D eigenvalue weighted by molar-refractivity contribution is -0.274. The second-order valence-electron chi connectivity index (χ2n) is 3.73. The van der Waals surface area contributed by atoms with E-state index >= 15 is 0 Å². The van der Waals surface area contributed by atoms with E-state index in [0.717, 1.165) is 12.1 Å². The van der Waals surface area contributed by atoms with Gasteiger partial charge in [-0.2, -0.15) is 0 Å². The quantitative estimate of drug-likeness (QED) is 0.805. The highest BCUT2D eigenvalue weighted by Crippen LogP contribution is 2.35. The maximum absolute atomic E-state index is 12.1. The van der Waals surface area contributed by atoms with Gasteiger partial charge in [-0.3, -0.25) is 4.79 Å². The third-order valence-corrected chi connectivity index (χ3v) is 2.41. The van der Waals surface area contributed by atoms with Gasteiger partial charge in [0.1, 0.15) is 17.3 Å². The Morgan fingerprint density at radius 2 is 1.95 bits per heavy atom. The molecule has 2 aromatic rings. The monoisotopic (exact) mass is 286 g/mol. The van der Waals surface area contributed by atoms with Crippen molar-refractivity contribution < 1.29 is 31.9 Å². The van der Waals surface area contributed by atoms with Crippen LogP contribution >= 0.6 is 0 Å². The third kappa shape index (κ3) is 3.11. The van der Waals surface area contributed by atoms with E-state index in [-0.39, 0.29) is 11.5 Å². The largest absolute Gasteiger partial charge is 0.573 e. The van der Waals surface area contributed by atoms with Crippen LogP contribution in [0.15, 0.2) is 34.7 Å². The van der Waals surface area contributed by atoms with E-state index in [2.05, 4.69) is 4.74 Å². The topological polar surface area (TPSA) is 48.7 Å². The number of halogens is 3. The van der Waals surface area contributed by atoms with Gasteiger partial charge in [0.15, 0.2) is 12.0 Å². The van der Waals surface area contributed by atoms with Crippen molar-refractivity contribution in [3.63, 3.8) is 0 Å². The van der Waals surface area contributed by atoms with Gasteiger partial charge < -0.3 is 13.9 Å². The van der Waals surface area contributed by atoms with Gasteiger partial charge in [-0.25, -0.2) is 0 Å². The number of aldehydes is 1. The molecule has 0 aliphatic carbocycles. The second-order valence-corrected chi connectivity index (χ2v) is 3.73. The fourth-order valence-corrected chi connectivity index (χ4v) is 1.63. The molecule has 106 valence electrons. The first-order chi connectivity index (χ1) is 9.43. The molecule has 2 rings (SSSR count). The number of furan rings is 1. The van der Waals surface area contributed by atoms with Gasteiger partial charge >= 0.3 is 6.36 Å². The van der Waals surface area contributed by atoms with Gasteiger partial charge in [0.2, 0.25) is 0 Å². The van der Waals surface area contributed by atoms with Crippen molar-refractivity contribution in [2.24, 2.45) is 0 Å². The fourth-order valence-electron chi connectivity index (χ4n) is 1.63. The highest BCUT2D eigenvalue weighted by atomic mass is 19.4. The molecule has 20 heavy (non-hydrogen) atoms. The predicted molar refractivity (Wildman–Crippen MR) is 62.8 cm³/mol. The molecular weight excluding hydrogens is 277 g/mol. The van der Waals surface area contributed by atoms with Gasteiger partial charge in [-0.15, -0.1) is 13.2 Å². The van der Waals surface area contributed by atoms with E-state index in [1.54, 1.807) is 0 Å². The van der Waals surface area contributed by atoms with Gasteiger partial charge in [-0.1, -0.05) is 0 Å². The molecule has 1 aromatic carbocycles. The Morgan fingerprint density at radius 3 is 2.50 bits per heavy atom. The number of benzene rings is 1. The van der Waals surface area contributed by atoms with E-state index in [0.29, 0.717) is 17.6 Å². The van der Waals surface area contributed by atoms with Crippen LogP contribution in [-0.4, -0.2) is 19.8 Å². The van der Waals surface area contributed by atoms with Gasteiger partial charge in [0.05, 0.1) is 12.7 Å². The smallest absolute Gasteiger partial charge is 0.496 e. The Balaban J connectivity index is 2.37. The number of rotatable bonds is 4. The summed E-state index contributed by atoms with van der Waals surface area (Å²) in [5, 5.41) is 0. The summed E-state index contributed by atoms with van der Waals surface area (Å²) in [5.74, 6) is 0.152. The van der Waals surface area contributed by atoms with Crippen molar-refractivity contribution in [3.8, 4) is 22.8 Å². The van der Waals surface area contributed by atoms with E-state index in [1.807, 2.05) is 0 Å². The zero-order chi connectivity index (χ0) is 14.8. The van der Waals surface area contributed by atoms with Crippen LogP contribution < -0.4 is 9.47 Å². The fraction of sp³-hybridized carbons (Fsp3) is 0.154. The van der Waals surface area contributed by atoms with E-state index in [9.17, 15) is 18.0 Å². The molecule has 0 bridgehead atoms. The average Bonchev–Trinajstić information content (AvgIpc) is 2.85.